The molecule has 0 aromatic carbocycles. The van der Waals surface area contributed by atoms with Crippen LogP contribution in [0.4, 0.5) is 9.93 Å². The molecule has 0 saturated carbocycles. The van der Waals surface area contributed by atoms with E-state index in [9.17, 15) is 9.59 Å². The topological polar surface area (TPSA) is 80.8 Å². The van der Waals surface area contributed by atoms with Crippen molar-refractivity contribution in [1.82, 2.24) is 25.0 Å². The van der Waals surface area contributed by atoms with E-state index in [4.69, 9.17) is 11.6 Å². The minimum atomic E-state index is -0.199. The molecule has 30 heavy (non-hydrogen) atoms. The van der Waals surface area contributed by atoms with Crippen LogP contribution < -0.4 is 10.6 Å². The zero-order chi connectivity index (χ0) is 22.1. The number of rotatable bonds is 3. The monoisotopic (exact) mass is 456 g/mol. The molecule has 0 aliphatic carbocycles. The number of carbonyl (C=O) groups is 2. The van der Waals surface area contributed by atoms with Crippen LogP contribution in [0.1, 0.15) is 40.3 Å². The Hall–Kier alpha value is -1.42. The smallest absolute Gasteiger partial charge is 0.323 e. The van der Waals surface area contributed by atoms with Gasteiger partial charge < -0.3 is 15.1 Å². The van der Waals surface area contributed by atoms with E-state index >= 15 is 0 Å². The average Bonchev–Trinajstić information content (AvgIpc) is 3.08. The highest BCUT2D eigenvalue weighted by Gasteiger charge is 2.32. The lowest BCUT2D eigenvalue weighted by Gasteiger charge is -2.40. The van der Waals surface area contributed by atoms with Gasteiger partial charge in [0.25, 0.3) is 0 Å². The number of hydrogen-bond donors (Lipinski definition) is 2. The van der Waals surface area contributed by atoms with Crippen molar-refractivity contribution >= 4 is 40.0 Å². The lowest BCUT2D eigenvalue weighted by atomic mass is 9.93. The lowest BCUT2D eigenvalue weighted by Crippen LogP contribution is -2.61. The van der Waals surface area contributed by atoms with Crippen LogP contribution in [0.3, 0.4) is 0 Å². The normalized spacial score (nSPS) is 21.2. The van der Waals surface area contributed by atoms with Crippen molar-refractivity contribution in [2.45, 2.75) is 52.1 Å². The number of aromatic nitrogens is 1. The summed E-state index contributed by atoms with van der Waals surface area (Å²) in [6.07, 6.45) is 0. The SMILES string of the molecule is CC(C)N1CCN[C@@H](C(=O)N2CCN(C(=O)Nc3nc(C(C)(C)C)c(Cl)s3)CC2)C1. The largest absolute Gasteiger partial charge is 0.338 e. The summed E-state index contributed by atoms with van der Waals surface area (Å²) in [4.78, 5) is 36.0. The number of urea groups is 1. The van der Waals surface area contributed by atoms with Crippen molar-refractivity contribution in [1.29, 1.82) is 0 Å². The Morgan fingerprint density at radius 3 is 2.37 bits per heavy atom. The molecule has 0 unspecified atom stereocenters. The number of nitrogens with zero attached hydrogens (tertiary/aromatic N) is 4. The second-order valence-electron chi connectivity index (χ2n) is 9.23. The molecule has 0 radical (unpaired) electrons. The summed E-state index contributed by atoms with van der Waals surface area (Å²) in [7, 11) is 0. The molecule has 2 saturated heterocycles. The number of amides is 3. The van der Waals surface area contributed by atoms with Crippen molar-refractivity contribution in [2.24, 2.45) is 0 Å². The second-order valence-corrected chi connectivity index (χ2v) is 10.8. The number of halogens is 1. The maximum atomic E-state index is 12.9. The molecule has 2 aliphatic rings. The number of carbonyl (C=O) groups excluding carboxylic acids is 2. The van der Waals surface area contributed by atoms with E-state index in [1.165, 1.54) is 11.3 Å². The van der Waals surface area contributed by atoms with E-state index in [2.05, 4.69) is 34.4 Å². The number of hydrogen-bond acceptors (Lipinski definition) is 6. The Bertz CT molecular complexity index is 770. The first-order valence-electron chi connectivity index (χ1n) is 10.5. The van der Waals surface area contributed by atoms with Crippen LogP contribution in [0.25, 0.3) is 0 Å². The molecule has 2 N–H and O–H groups in total. The maximum Gasteiger partial charge on any atom is 0.323 e. The number of thiazole rings is 1. The second kappa shape index (κ2) is 9.38. The van der Waals surface area contributed by atoms with Crippen LogP contribution >= 0.6 is 22.9 Å². The van der Waals surface area contributed by atoms with Gasteiger partial charge in [0.2, 0.25) is 5.91 Å². The Balaban J connectivity index is 1.51. The van der Waals surface area contributed by atoms with Gasteiger partial charge in [-0.1, -0.05) is 43.7 Å². The molecular weight excluding hydrogens is 424 g/mol. The van der Waals surface area contributed by atoms with Gasteiger partial charge >= 0.3 is 6.03 Å². The maximum absolute atomic E-state index is 12.9. The first-order valence-corrected chi connectivity index (χ1v) is 11.7. The third-order valence-corrected chi connectivity index (χ3v) is 6.79. The van der Waals surface area contributed by atoms with E-state index in [1.807, 2.05) is 25.7 Å². The molecule has 0 bridgehead atoms. The molecular formula is C20H33ClN6O2S. The van der Waals surface area contributed by atoms with Gasteiger partial charge in [-0.3, -0.25) is 15.0 Å². The summed E-state index contributed by atoms with van der Waals surface area (Å²) in [5.41, 5.74) is 0.608. The van der Waals surface area contributed by atoms with Crippen LogP contribution in [0.5, 0.6) is 0 Å². The Labute approximate surface area is 187 Å². The fourth-order valence-electron chi connectivity index (χ4n) is 3.75. The highest BCUT2D eigenvalue weighted by atomic mass is 35.5. The van der Waals surface area contributed by atoms with Crippen LogP contribution in [-0.2, 0) is 10.2 Å². The van der Waals surface area contributed by atoms with Gasteiger partial charge in [0, 0.05) is 57.3 Å². The first-order chi connectivity index (χ1) is 14.1. The van der Waals surface area contributed by atoms with Crippen LogP contribution in [0.15, 0.2) is 0 Å². The molecule has 1 aromatic rings. The predicted molar refractivity (Wildman–Crippen MR) is 121 cm³/mol. The zero-order valence-electron chi connectivity index (χ0n) is 18.5. The zero-order valence-corrected chi connectivity index (χ0v) is 20.1. The average molecular weight is 457 g/mol. The highest BCUT2D eigenvalue weighted by Crippen LogP contribution is 2.35. The van der Waals surface area contributed by atoms with Crippen LogP contribution in [0.2, 0.25) is 4.34 Å². The number of nitrogens with one attached hydrogen (secondary N) is 2. The Kier molecular flexibility index (Phi) is 7.27. The number of piperazine rings is 2. The minimum absolute atomic E-state index is 0.127. The van der Waals surface area contributed by atoms with Gasteiger partial charge in [-0.05, 0) is 13.8 Å². The fraction of sp³-hybridized carbons (Fsp3) is 0.750. The van der Waals surface area contributed by atoms with Gasteiger partial charge in [0.15, 0.2) is 5.13 Å². The Morgan fingerprint density at radius 1 is 1.17 bits per heavy atom. The summed E-state index contributed by atoms with van der Waals surface area (Å²) in [5.74, 6) is 0.127. The van der Waals surface area contributed by atoms with Gasteiger partial charge in [0.05, 0.1) is 11.7 Å². The van der Waals surface area contributed by atoms with Gasteiger partial charge in [-0.2, -0.15) is 0 Å². The van der Waals surface area contributed by atoms with Gasteiger partial charge in [-0.15, -0.1) is 0 Å². The summed E-state index contributed by atoms with van der Waals surface area (Å²) in [5, 5.41) is 6.71. The van der Waals surface area contributed by atoms with E-state index in [-0.39, 0.29) is 23.4 Å². The summed E-state index contributed by atoms with van der Waals surface area (Å²) >= 11 is 7.57. The molecule has 1 atom stereocenters. The van der Waals surface area contributed by atoms with Crippen LogP contribution in [-0.4, -0.2) is 89.5 Å². The quantitative estimate of drug-likeness (QED) is 0.730. The van der Waals surface area contributed by atoms with Crippen molar-refractivity contribution in [3.05, 3.63) is 10.0 Å². The van der Waals surface area contributed by atoms with Crippen molar-refractivity contribution in [2.75, 3.05) is 51.1 Å². The van der Waals surface area contributed by atoms with E-state index < -0.39 is 0 Å². The summed E-state index contributed by atoms with van der Waals surface area (Å²) < 4.78 is 0.601. The molecule has 1 aromatic heterocycles. The Morgan fingerprint density at radius 2 is 1.80 bits per heavy atom. The first kappa shape index (κ1) is 23.2. The third kappa shape index (κ3) is 5.43. The molecule has 3 heterocycles. The fourth-order valence-corrected chi connectivity index (χ4v) is 5.18. The van der Waals surface area contributed by atoms with E-state index in [1.54, 1.807) is 4.90 Å². The van der Waals surface area contributed by atoms with Crippen molar-refractivity contribution in [3.8, 4) is 0 Å². The molecule has 3 rings (SSSR count). The van der Waals surface area contributed by atoms with Crippen LogP contribution in [0, 0.1) is 0 Å². The molecule has 3 amide bonds. The van der Waals surface area contributed by atoms with Crippen molar-refractivity contribution in [3.63, 3.8) is 0 Å². The molecule has 10 heteroatoms. The molecule has 2 aliphatic heterocycles. The summed E-state index contributed by atoms with van der Waals surface area (Å²) in [6, 6.07) is 0.0608. The molecule has 8 nitrogen and oxygen atoms in total. The van der Waals surface area contributed by atoms with Gasteiger partial charge in [-0.25, -0.2) is 9.78 Å². The minimum Gasteiger partial charge on any atom is -0.338 e. The number of anilines is 1. The standard InChI is InChI=1S/C20H33ClN6O2S/c1-13(2)27-7-6-22-14(12-27)17(28)25-8-10-26(11-9-25)19(29)24-18-23-15(16(21)30-18)20(3,4)5/h13-14,22H,6-12H2,1-5H3,(H,23,24,29)/t14-/m1/s1. The lowest BCUT2D eigenvalue weighted by molar-refractivity contribution is -0.136. The molecule has 0 spiro atoms. The van der Waals surface area contributed by atoms with Crippen molar-refractivity contribution < 1.29 is 9.59 Å². The molecule has 168 valence electrons. The van der Waals surface area contributed by atoms with Gasteiger partial charge in [0.1, 0.15) is 4.34 Å². The predicted octanol–water partition coefficient (Wildman–Crippen LogP) is 2.45. The molecule has 2 fully saturated rings. The highest BCUT2D eigenvalue weighted by molar-refractivity contribution is 7.19. The van der Waals surface area contributed by atoms with E-state index in [0.29, 0.717) is 41.7 Å². The third-order valence-electron chi connectivity index (χ3n) is 5.62. The van der Waals surface area contributed by atoms with E-state index in [0.717, 1.165) is 25.3 Å². The summed E-state index contributed by atoms with van der Waals surface area (Å²) in [6.45, 7) is 15.0.